The second kappa shape index (κ2) is 4.89. The first-order valence-electron chi connectivity index (χ1n) is 8.04. The molecule has 3 fully saturated rings. The number of rotatable bonds is 3. The van der Waals surface area contributed by atoms with Gasteiger partial charge in [-0.05, 0) is 44.4 Å². The monoisotopic (exact) mass is 260 g/mol. The van der Waals surface area contributed by atoms with E-state index in [0.29, 0.717) is 5.92 Å². The van der Waals surface area contributed by atoms with Crippen LogP contribution in [-0.4, -0.2) is 27.3 Å². The Morgan fingerprint density at radius 3 is 2.47 bits per heavy atom. The predicted molar refractivity (Wildman–Crippen MR) is 74.0 cm³/mol. The average Bonchev–Trinajstić information content (AvgIpc) is 3.10. The molecule has 1 aromatic rings. The first-order chi connectivity index (χ1) is 9.37. The Kier molecular flexibility index (Phi) is 3.06. The number of nitrogens with zero attached hydrogens (tertiary/aromatic N) is 2. The molecular formula is C15H24N4. The molecule has 19 heavy (non-hydrogen) atoms. The SMILES string of the molecule is C1CCC(c2n[nH]c(CC3CC4CCC(C3)N4)n2)C1. The van der Waals surface area contributed by atoms with Crippen LogP contribution < -0.4 is 5.32 Å². The zero-order valence-corrected chi connectivity index (χ0v) is 11.6. The van der Waals surface area contributed by atoms with Crippen LogP contribution in [0.4, 0.5) is 0 Å². The summed E-state index contributed by atoms with van der Waals surface area (Å²) in [4.78, 5) is 4.77. The molecule has 3 heterocycles. The Bertz CT molecular complexity index is 423. The van der Waals surface area contributed by atoms with Crippen LogP contribution in [0.2, 0.25) is 0 Å². The maximum absolute atomic E-state index is 4.77. The molecule has 104 valence electrons. The summed E-state index contributed by atoms with van der Waals surface area (Å²) < 4.78 is 0. The lowest BCUT2D eigenvalue weighted by Gasteiger charge is -2.28. The van der Waals surface area contributed by atoms with Crippen LogP contribution >= 0.6 is 0 Å². The normalized spacial score (nSPS) is 35.1. The molecule has 4 rings (SSSR count). The predicted octanol–water partition coefficient (Wildman–Crippen LogP) is 2.54. The lowest BCUT2D eigenvalue weighted by molar-refractivity contribution is 0.295. The summed E-state index contributed by atoms with van der Waals surface area (Å²) >= 11 is 0. The number of H-pyrrole nitrogens is 1. The Morgan fingerprint density at radius 1 is 1.00 bits per heavy atom. The zero-order valence-electron chi connectivity index (χ0n) is 11.6. The minimum absolute atomic E-state index is 0.634. The highest BCUT2D eigenvalue weighted by Crippen LogP contribution is 2.34. The molecule has 2 N–H and O–H groups in total. The van der Waals surface area contributed by atoms with Gasteiger partial charge < -0.3 is 5.32 Å². The van der Waals surface area contributed by atoms with E-state index in [1.165, 1.54) is 51.4 Å². The van der Waals surface area contributed by atoms with E-state index >= 15 is 0 Å². The molecule has 4 nitrogen and oxygen atoms in total. The number of aromatic nitrogens is 3. The van der Waals surface area contributed by atoms with E-state index in [2.05, 4.69) is 15.5 Å². The lowest BCUT2D eigenvalue weighted by Crippen LogP contribution is -2.38. The van der Waals surface area contributed by atoms with E-state index < -0.39 is 0 Å². The summed E-state index contributed by atoms with van der Waals surface area (Å²) in [5.74, 6) is 3.66. The average molecular weight is 260 g/mol. The van der Waals surface area contributed by atoms with Gasteiger partial charge in [0.2, 0.25) is 0 Å². The molecule has 2 saturated heterocycles. The van der Waals surface area contributed by atoms with Crippen LogP contribution in [0, 0.1) is 5.92 Å². The van der Waals surface area contributed by atoms with Crippen LogP contribution in [0.25, 0.3) is 0 Å². The second-order valence-electron chi connectivity index (χ2n) is 6.80. The molecule has 2 unspecified atom stereocenters. The van der Waals surface area contributed by atoms with Crippen LogP contribution in [-0.2, 0) is 6.42 Å². The molecule has 1 saturated carbocycles. The number of hydrogen-bond donors (Lipinski definition) is 2. The van der Waals surface area contributed by atoms with E-state index in [9.17, 15) is 0 Å². The van der Waals surface area contributed by atoms with Crippen molar-refractivity contribution in [1.29, 1.82) is 0 Å². The van der Waals surface area contributed by atoms with Crippen LogP contribution in [0.1, 0.15) is 68.9 Å². The van der Waals surface area contributed by atoms with Gasteiger partial charge in [-0.25, -0.2) is 4.98 Å². The number of piperidine rings is 1. The third-order valence-corrected chi connectivity index (χ3v) is 5.32. The number of fused-ring (bicyclic) bond motifs is 2. The van der Waals surface area contributed by atoms with Gasteiger partial charge in [0.15, 0.2) is 5.82 Å². The van der Waals surface area contributed by atoms with Gasteiger partial charge in [0, 0.05) is 24.4 Å². The summed E-state index contributed by atoms with van der Waals surface area (Å²) in [5, 5.41) is 11.4. The Labute approximate surface area is 114 Å². The van der Waals surface area contributed by atoms with E-state index in [0.717, 1.165) is 36.1 Å². The quantitative estimate of drug-likeness (QED) is 0.878. The van der Waals surface area contributed by atoms with Crippen molar-refractivity contribution in [1.82, 2.24) is 20.5 Å². The van der Waals surface area contributed by atoms with Gasteiger partial charge in [0.1, 0.15) is 5.82 Å². The highest BCUT2D eigenvalue weighted by molar-refractivity contribution is 5.02. The zero-order chi connectivity index (χ0) is 12.7. The van der Waals surface area contributed by atoms with Gasteiger partial charge in [-0.1, -0.05) is 12.8 Å². The summed E-state index contributed by atoms with van der Waals surface area (Å²) in [6, 6.07) is 1.56. The molecule has 2 atom stereocenters. The van der Waals surface area contributed by atoms with Gasteiger partial charge in [-0.15, -0.1) is 0 Å². The first kappa shape index (κ1) is 11.9. The van der Waals surface area contributed by atoms with Crippen molar-refractivity contribution in [3.63, 3.8) is 0 Å². The molecule has 2 bridgehead atoms. The van der Waals surface area contributed by atoms with Gasteiger partial charge >= 0.3 is 0 Å². The van der Waals surface area contributed by atoms with Crippen molar-refractivity contribution in [3.05, 3.63) is 11.6 Å². The third-order valence-electron chi connectivity index (χ3n) is 5.32. The summed E-state index contributed by atoms with van der Waals surface area (Å²) in [7, 11) is 0. The van der Waals surface area contributed by atoms with Crippen molar-refractivity contribution in [2.45, 2.75) is 75.8 Å². The van der Waals surface area contributed by atoms with Crippen molar-refractivity contribution in [2.75, 3.05) is 0 Å². The molecule has 0 aromatic carbocycles. The van der Waals surface area contributed by atoms with Crippen molar-refractivity contribution in [3.8, 4) is 0 Å². The van der Waals surface area contributed by atoms with Crippen molar-refractivity contribution < 1.29 is 0 Å². The Balaban J connectivity index is 1.40. The molecule has 0 amide bonds. The maximum atomic E-state index is 4.77. The van der Waals surface area contributed by atoms with Crippen molar-refractivity contribution >= 4 is 0 Å². The minimum atomic E-state index is 0.634. The molecule has 1 aliphatic carbocycles. The molecule has 1 aromatic heterocycles. The Hall–Kier alpha value is -0.900. The first-order valence-corrected chi connectivity index (χ1v) is 8.04. The summed E-state index contributed by atoms with van der Waals surface area (Å²) in [5.41, 5.74) is 0. The Morgan fingerprint density at radius 2 is 1.74 bits per heavy atom. The second-order valence-corrected chi connectivity index (χ2v) is 6.80. The number of aromatic amines is 1. The molecule has 3 aliphatic rings. The lowest BCUT2D eigenvalue weighted by atomic mass is 9.89. The van der Waals surface area contributed by atoms with Crippen molar-refractivity contribution in [2.24, 2.45) is 5.92 Å². The molecule has 0 radical (unpaired) electrons. The van der Waals surface area contributed by atoms with Crippen LogP contribution in [0.3, 0.4) is 0 Å². The van der Waals surface area contributed by atoms with Gasteiger partial charge in [-0.3, -0.25) is 5.10 Å². The number of hydrogen-bond acceptors (Lipinski definition) is 3. The van der Waals surface area contributed by atoms with E-state index in [1.54, 1.807) is 0 Å². The standard InChI is InChI=1S/C15H24N4/c1-2-4-11(3-1)15-17-14(18-19-15)9-10-7-12-5-6-13(8-10)16-12/h10-13,16H,1-9H2,(H,17,18,19). The molecule has 0 spiro atoms. The fraction of sp³-hybridized carbons (Fsp3) is 0.867. The van der Waals surface area contributed by atoms with E-state index in [1.807, 2.05) is 0 Å². The summed E-state index contributed by atoms with van der Waals surface area (Å²) in [6.07, 6.45) is 11.8. The van der Waals surface area contributed by atoms with Crippen LogP contribution in [0.15, 0.2) is 0 Å². The highest BCUT2D eigenvalue weighted by Gasteiger charge is 2.33. The molecule has 2 aliphatic heterocycles. The van der Waals surface area contributed by atoms with E-state index in [-0.39, 0.29) is 0 Å². The maximum Gasteiger partial charge on any atom is 0.153 e. The van der Waals surface area contributed by atoms with Gasteiger partial charge in [-0.2, -0.15) is 5.10 Å². The fourth-order valence-electron chi connectivity index (χ4n) is 4.38. The smallest absolute Gasteiger partial charge is 0.153 e. The fourth-order valence-corrected chi connectivity index (χ4v) is 4.38. The largest absolute Gasteiger partial charge is 0.311 e. The topological polar surface area (TPSA) is 53.6 Å². The molecular weight excluding hydrogens is 236 g/mol. The third kappa shape index (κ3) is 2.42. The number of nitrogens with one attached hydrogen (secondary N) is 2. The minimum Gasteiger partial charge on any atom is -0.311 e. The van der Waals surface area contributed by atoms with E-state index in [4.69, 9.17) is 4.98 Å². The highest BCUT2D eigenvalue weighted by atomic mass is 15.2. The van der Waals surface area contributed by atoms with Gasteiger partial charge in [0.05, 0.1) is 0 Å². The molecule has 4 heteroatoms. The van der Waals surface area contributed by atoms with Crippen LogP contribution in [0.5, 0.6) is 0 Å². The van der Waals surface area contributed by atoms with Gasteiger partial charge in [0.25, 0.3) is 0 Å². The summed E-state index contributed by atoms with van der Waals surface area (Å²) in [6.45, 7) is 0.